The van der Waals surface area contributed by atoms with Gasteiger partial charge in [0.15, 0.2) is 0 Å². The third kappa shape index (κ3) is 3.26. The fourth-order valence-corrected chi connectivity index (χ4v) is 2.07. The van der Waals surface area contributed by atoms with Crippen LogP contribution >= 0.6 is 0 Å². The lowest BCUT2D eigenvalue weighted by Gasteiger charge is -2.10. The van der Waals surface area contributed by atoms with Crippen LogP contribution in [-0.2, 0) is 17.9 Å². The number of methoxy groups -OCH3 is 1. The van der Waals surface area contributed by atoms with Crippen molar-refractivity contribution < 1.29 is 19.6 Å². The normalized spacial score (nSPS) is 10.5. The lowest BCUT2D eigenvalue weighted by molar-refractivity contribution is -0.384. The molecule has 0 saturated carbocycles. The lowest BCUT2D eigenvalue weighted by atomic mass is 10.2. The first kappa shape index (κ1) is 14.7. The number of hydrogen-bond acceptors (Lipinski definition) is 4. The number of aromatic carboxylic acids is 1. The molecule has 1 heterocycles. The Hall–Kier alpha value is -2.67. The molecule has 0 radical (unpaired) electrons. The summed E-state index contributed by atoms with van der Waals surface area (Å²) in [6, 6.07) is 7.66. The molecule has 0 saturated heterocycles. The molecular formula is C14H14N2O5. The van der Waals surface area contributed by atoms with Crippen LogP contribution in [0.3, 0.4) is 0 Å². The van der Waals surface area contributed by atoms with E-state index < -0.39 is 10.9 Å². The molecule has 1 aromatic heterocycles. The van der Waals surface area contributed by atoms with E-state index in [2.05, 4.69) is 0 Å². The molecule has 0 amide bonds. The Kier molecular flexibility index (Phi) is 4.34. The quantitative estimate of drug-likeness (QED) is 0.650. The zero-order valence-electron chi connectivity index (χ0n) is 11.4. The number of ether oxygens (including phenoxy) is 1. The number of carbonyl (C=O) groups is 1. The average molecular weight is 290 g/mol. The van der Waals surface area contributed by atoms with Gasteiger partial charge in [0.2, 0.25) is 0 Å². The summed E-state index contributed by atoms with van der Waals surface area (Å²) in [4.78, 5) is 21.3. The van der Waals surface area contributed by atoms with Crippen molar-refractivity contribution in [3.05, 3.63) is 63.5 Å². The van der Waals surface area contributed by atoms with Crippen LogP contribution in [0.2, 0.25) is 0 Å². The highest BCUT2D eigenvalue weighted by atomic mass is 16.6. The summed E-state index contributed by atoms with van der Waals surface area (Å²) in [5.41, 5.74) is 1.61. The second kappa shape index (κ2) is 6.19. The van der Waals surface area contributed by atoms with Crippen LogP contribution in [0.1, 0.15) is 21.6 Å². The largest absolute Gasteiger partial charge is 0.478 e. The van der Waals surface area contributed by atoms with Crippen LogP contribution < -0.4 is 0 Å². The number of carboxylic acids is 1. The SMILES string of the molecule is COCc1c(C(=O)O)ccn1Cc1ccc([N+](=O)[O-])cc1. The first-order valence-corrected chi connectivity index (χ1v) is 6.16. The minimum absolute atomic E-state index is 0.0228. The van der Waals surface area contributed by atoms with Gasteiger partial charge in [0.25, 0.3) is 5.69 Å². The molecule has 0 atom stereocenters. The summed E-state index contributed by atoms with van der Waals surface area (Å²) in [7, 11) is 1.49. The van der Waals surface area contributed by atoms with E-state index in [4.69, 9.17) is 9.84 Å². The Balaban J connectivity index is 2.26. The van der Waals surface area contributed by atoms with E-state index in [-0.39, 0.29) is 17.9 Å². The summed E-state index contributed by atoms with van der Waals surface area (Å²) < 4.78 is 6.79. The van der Waals surface area contributed by atoms with E-state index in [0.717, 1.165) is 5.56 Å². The van der Waals surface area contributed by atoms with E-state index >= 15 is 0 Å². The number of aromatic nitrogens is 1. The van der Waals surface area contributed by atoms with Gasteiger partial charge in [-0.25, -0.2) is 4.79 Å². The lowest BCUT2D eigenvalue weighted by Crippen LogP contribution is -2.08. The van der Waals surface area contributed by atoms with Crippen molar-refractivity contribution in [1.29, 1.82) is 0 Å². The standard InChI is InChI=1S/C14H14N2O5/c1-21-9-13-12(14(17)18)6-7-15(13)8-10-2-4-11(5-3-10)16(19)20/h2-7H,8-9H2,1H3,(H,17,18). The Morgan fingerprint density at radius 2 is 2.00 bits per heavy atom. The number of nitro groups is 1. The minimum Gasteiger partial charge on any atom is -0.478 e. The first-order chi connectivity index (χ1) is 10.0. The first-order valence-electron chi connectivity index (χ1n) is 6.16. The molecule has 0 aliphatic rings. The molecule has 1 N–H and O–H groups in total. The van der Waals surface area contributed by atoms with Crippen LogP contribution in [0.15, 0.2) is 36.5 Å². The van der Waals surface area contributed by atoms with Crippen molar-refractivity contribution in [1.82, 2.24) is 4.57 Å². The maximum Gasteiger partial charge on any atom is 0.337 e. The van der Waals surface area contributed by atoms with Gasteiger partial charge in [0.1, 0.15) is 0 Å². The van der Waals surface area contributed by atoms with E-state index in [1.165, 1.54) is 25.3 Å². The predicted octanol–water partition coefficient (Wildman–Crippen LogP) is 2.29. The van der Waals surface area contributed by atoms with Gasteiger partial charge < -0.3 is 14.4 Å². The summed E-state index contributed by atoms with van der Waals surface area (Å²) in [6.07, 6.45) is 1.67. The average Bonchev–Trinajstić information content (AvgIpc) is 2.83. The highest BCUT2D eigenvalue weighted by Gasteiger charge is 2.15. The van der Waals surface area contributed by atoms with Gasteiger partial charge in [-0.2, -0.15) is 0 Å². The molecule has 0 unspecified atom stereocenters. The summed E-state index contributed by atoms with van der Waals surface area (Å²) in [5.74, 6) is -1.01. The Morgan fingerprint density at radius 1 is 1.33 bits per heavy atom. The third-order valence-corrected chi connectivity index (χ3v) is 3.09. The molecule has 0 spiro atoms. The van der Waals surface area contributed by atoms with Crippen molar-refractivity contribution in [3.8, 4) is 0 Å². The van der Waals surface area contributed by atoms with E-state index in [1.54, 1.807) is 22.9 Å². The molecule has 7 heteroatoms. The summed E-state index contributed by atoms with van der Waals surface area (Å²) >= 11 is 0. The molecule has 0 fully saturated rings. The molecule has 2 rings (SSSR count). The van der Waals surface area contributed by atoms with Gasteiger partial charge in [0, 0.05) is 32.0 Å². The van der Waals surface area contributed by atoms with E-state index in [0.29, 0.717) is 12.2 Å². The van der Waals surface area contributed by atoms with Crippen LogP contribution in [0.4, 0.5) is 5.69 Å². The van der Waals surface area contributed by atoms with Gasteiger partial charge in [0.05, 0.1) is 22.8 Å². The maximum absolute atomic E-state index is 11.1. The van der Waals surface area contributed by atoms with Gasteiger partial charge in [-0.1, -0.05) is 12.1 Å². The second-order valence-electron chi connectivity index (χ2n) is 4.47. The number of nitro benzene ring substituents is 1. The van der Waals surface area contributed by atoms with Crippen molar-refractivity contribution in [3.63, 3.8) is 0 Å². The van der Waals surface area contributed by atoms with Crippen molar-refractivity contribution in [2.24, 2.45) is 0 Å². The van der Waals surface area contributed by atoms with Crippen LogP contribution in [0.5, 0.6) is 0 Å². The van der Waals surface area contributed by atoms with Gasteiger partial charge in [-0.05, 0) is 11.6 Å². The van der Waals surface area contributed by atoms with E-state index in [1.807, 2.05) is 0 Å². The van der Waals surface area contributed by atoms with Gasteiger partial charge >= 0.3 is 5.97 Å². The number of nitrogens with zero attached hydrogens (tertiary/aromatic N) is 2. The molecule has 2 aromatic rings. The topological polar surface area (TPSA) is 94.6 Å². The summed E-state index contributed by atoms with van der Waals surface area (Å²) in [6.45, 7) is 0.603. The minimum atomic E-state index is -1.01. The van der Waals surface area contributed by atoms with Crippen LogP contribution in [-0.4, -0.2) is 27.7 Å². The van der Waals surface area contributed by atoms with Gasteiger partial charge in [-0.3, -0.25) is 10.1 Å². The zero-order valence-corrected chi connectivity index (χ0v) is 11.4. The molecule has 21 heavy (non-hydrogen) atoms. The van der Waals surface area contributed by atoms with E-state index in [9.17, 15) is 14.9 Å². The molecule has 1 aromatic carbocycles. The van der Waals surface area contributed by atoms with Gasteiger partial charge in [-0.15, -0.1) is 0 Å². The number of rotatable bonds is 6. The molecule has 0 aliphatic heterocycles. The fraction of sp³-hybridized carbons (Fsp3) is 0.214. The van der Waals surface area contributed by atoms with Crippen LogP contribution in [0, 0.1) is 10.1 Å². The number of carboxylic acid groups (broad SMARTS) is 1. The second-order valence-corrected chi connectivity index (χ2v) is 4.47. The third-order valence-electron chi connectivity index (χ3n) is 3.09. The highest BCUT2D eigenvalue weighted by molar-refractivity contribution is 5.89. The van der Waals surface area contributed by atoms with Crippen molar-refractivity contribution in [2.75, 3.05) is 7.11 Å². The van der Waals surface area contributed by atoms with Crippen molar-refractivity contribution >= 4 is 11.7 Å². The maximum atomic E-state index is 11.1. The number of hydrogen-bond donors (Lipinski definition) is 1. The smallest absolute Gasteiger partial charge is 0.337 e. The molecule has 0 bridgehead atoms. The Morgan fingerprint density at radius 3 is 2.52 bits per heavy atom. The highest BCUT2D eigenvalue weighted by Crippen LogP contribution is 2.17. The molecule has 7 nitrogen and oxygen atoms in total. The molecular weight excluding hydrogens is 276 g/mol. The molecule has 0 aliphatic carbocycles. The van der Waals surface area contributed by atoms with Crippen LogP contribution in [0.25, 0.3) is 0 Å². The number of benzene rings is 1. The fourth-order valence-electron chi connectivity index (χ4n) is 2.07. The monoisotopic (exact) mass is 290 g/mol. The Bertz CT molecular complexity index is 661. The predicted molar refractivity (Wildman–Crippen MR) is 74.3 cm³/mol. The molecule has 110 valence electrons. The number of non-ortho nitro benzene ring substituents is 1. The summed E-state index contributed by atoms with van der Waals surface area (Å²) in [5, 5.41) is 19.7. The van der Waals surface area contributed by atoms with Crippen molar-refractivity contribution in [2.45, 2.75) is 13.2 Å². The zero-order chi connectivity index (χ0) is 15.4. The Labute approximate surface area is 120 Å².